The number of nitrogens with zero attached hydrogens (tertiary/aromatic N) is 1. The Morgan fingerprint density at radius 2 is 2.15 bits per heavy atom. The van der Waals surface area contributed by atoms with Crippen molar-refractivity contribution < 1.29 is 24.3 Å². The number of anilines is 1. The van der Waals surface area contributed by atoms with E-state index < -0.39 is 16.6 Å². The summed E-state index contributed by atoms with van der Waals surface area (Å²) in [4.78, 5) is 20.9. The third-order valence-electron chi connectivity index (χ3n) is 2.43. The number of hydrogen-bond acceptors (Lipinski definition) is 6. The Morgan fingerprint density at radius 3 is 2.75 bits per heavy atom. The number of carboxylic acids is 1. The van der Waals surface area contributed by atoms with Crippen LogP contribution in [0.1, 0.15) is 10.4 Å². The fourth-order valence-corrected chi connectivity index (χ4v) is 1.49. The first-order valence-corrected chi connectivity index (χ1v) is 5.88. The van der Waals surface area contributed by atoms with Crippen LogP contribution in [0.25, 0.3) is 0 Å². The van der Waals surface area contributed by atoms with Gasteiger partial charge in [-0.15, -0.1) is 0 Å². The predicted molar refractivity (Wildman–Crippen MR) is 71.2 cm³/mol. The molecule has 1 aromatic rings. The molecule has 0 aliphatic rings. The summed E-state index contributed by atoms with van der Waals surface area (Å²) in [6, 6.07) is 3.85. The topological polar surface area (TPSA) is 111 Å². The highest BCUT2D eigenvalue weighted by Crippen LogP contribution is 2.22. The molecule has 0 saturated heterocycles. The summed E-state index contributed by atoms with van der Waals surface area (Å²) in [5.41, 5.74) is -0.289. The summed E-state index contributed by atoms with van der Waals surface area (Å²) >= 11 is 0. The zero-order valence-electron chi connectivity index (χ0n) is 11.0. The van der Waals surface area contributed by atoms with Gasteiger partial charge in [-0.1, -0.05) is 0 Å². The molecule has 0 atom stereocenters. The molecular weight excluding hydrogens is 268 g/mol. The highest BCUT2D eigenvalue weighted by atomic mass is 16.6. The molecule has 1 aromatic carbocycles. The number of rotatable bonds is 9. The number of benzene rings is 1. The molecule has 0 spiro atoms. The van der Waals surface area contributed by atoms with Crippen LogP contribution in [0.2, 0.25) is 0 Å². The monoisotopic (exact) mass is 284 g/mol. The Morgan fingerprint density at radius 1 is 1.40 bits per heavy atom. The normalized spacial score (nSPS) is 10.2. The molecule has 0 amide bonds. The van der Waals surface area contributed by atoms with Gasteiger partial charge in [-0.3, -0.25) is 10.1 Å². The zero-order chi connectivity index (χ0) is 15.0. The highest BCUT2D eigenvalue weighted by molar-refractivity contribution is 5.93. The average molecular weight is 284 g/mol. The van der Waals surface area contributed by atoms with Gasteiger partial charge in [0, 0.05) is 25.4 Å². The van der Waals surface area contributed by atoms with Crippen LogP contribution in [0.5, 0.6) is 0 Å². The van der Waals surface area contributed by atoms with Crippen LogP contribution in [0.4, 0.5) is 11.4 Å². The second-order valence-corrected chi connectivity index (χ2v) is 3.83. The summed E-state index contributed by atoms with van der Waals surface area (Å²) < 4.78 is 10.0. The van der Waals surface area contributed by atoms with E-state index in [1.807, 2.05) is 0 Å². The van der Waals surface area contributed by atoms with Crippen molar-refractivity contribution in [3.8, 4) is 0 Å². The minimum Gasteiger partial charge on any atom is -0.477 e. The van der Waals surface area contributed by atoms with Gasteiger partial charge in [0.25, 0.3) is 5.69 Å². The van der Waals surface area contributed by atoms with E-state index in [1.165, 1.54) is 12.1 Å². The number of nitro groups is 1. The maximum absolute atomic E-state index is 11.0. The average Bonchev–Trinajstić information content (AvgIpc) is 2.42. The van der Waals surface area contributed by atoms with Crippen molar-refractivity contribution in [2.24, 2.45) is 0 Å². The van der Waals surface area contributed by atoms with Crippen molar-refractivity contribution in [2.45, 2.75) is 0 Å². The molecule has 0 unspecified atom stereocenters. The Labute approximate surface area is 115 Å². The van der Waals surface area contributed by atoms with Crippen molar-refractivity contribution in [3.05, 3.63) is 33.9 Å². The van der Waals surface area contributed by atoms with E-state index >= 15 is 0 Å². The van der Waals surface area contributed by atoms with Gasteiger partial charge in [-0.2, -0.15) is 0 Å². The van der Waals surface area contributed by atoms with Gasteiger partial charge in [0.1, 0.15) is 5.56 Å². The van der Waals surface area contributed by atoms with Crippen molar-refractivity contribution in [2.75, 3.05) is 38.8 Å². The smallest absolute Gasteiger partial charge is 0.342 e. The minimum atomic E-state index is -1.34. The second-order valence-electron chi connectivity index (χ2n) is 3.83. The lowest BCUT2D eigenvalue weighted by molar-refractivity contribution is -0.385. The van der Waals surface area contributed by atoms with Crippen molar-refractivity contribution in [3.63, 3.8) is 0 Å². The van der Waals surface area contributed by atoms with Gasteiger partial charge in [-0.25, -0.2) is 4.79 Å². The number of carbonyl (C=O) groups is 1. The van der Waals surface area contributed by atoms with Crippen molar-refractivity contribution in [1.29, 1.82) is 0 Å². The summed E-state index contributed by atoms with van der Waals surface area (Å²) in [6.07, 6.45) is 0. The van der Waals surface area contributed by atoms with Crippen molar-refractivity contribution in [1.82, 2.24) is 0 Å². The van der Waals surface area contributed by atoms with Crippen LogP contribution >= 0.6 is 0 Å². The summed E-state index contributed by atoms with van der Waals surface area (Å²) in [5.74, 6) is -1.34. The molecule has 8 heteroatoms. The van der Waals surface area contributed by atoms with Crippen LogP contribution in [0.3, 0.4) is 0 Å². The van der Waals surface area contributed by atoms with E-state index in [4.69, 9.17) is 14.6 Å². The first-order chi connectivity index (χ1) is 9.56. The van der Waals surface area contributed by atoms with E-state index in [0.29, 0.717) is 32.1 Å². The number of nitro benzene ring substituents is 1. The molecule has 0 aliphatic carbocycles. The molecule has 0 bridgehead atoms. The van der Waals surface area contributed by atoms with Crippen LogP contribution in [-0.2, 0) is 9.47 Å². The molecular formula is C12H16N2O6. The maximum atomic E-state index is 11.0. The minimum absolute atomic E-state index is 0.347. The van der Waals surface area contributed by atoms with Gasteiger partial charge in [0.05, 0.1) is 24.7 Å². The molecule has 8 nitrogen and oxygen atoms in total. The fraction of sp³-hybridized carbons (Fsp3) is 0.417. The molecule has 0 aromatic heterocycles. The van der Waals surface area contributed by atoms with E-state index in [0.717, 1.165) is 6.07 Å². The lowest BCUT2D eigenvalue weighted by Crippen LogP contribution is -2.12. The van der Waals surface area contributed by atoms with Gasteiger partial charge in [0.2, 0.25) is 0 Å². The number of carboxylic acid groups (broad SMARTS) is 1. The Kier molecular flexibility index (Phi) is 6.41. The standard InChI is InChI=1S/C12H16N2O6/c1-19-6-7-20-5-4-13-9-2-3-11(14(17)18)10(8-9)12(15)16/h2-3,8,13H,4-7H2,1H3,(H,15,16). The first-order valence-electron chi connectivity index (χ1n) is 5.88. The predicted octanol–water partition coefficient (Wildman–Crippen LogP) is 1.37. The SMILES string of the molecule is COCCOCCNc1ccc([N+](=O)[O-])c(C(=O)O)c1. The van der Waals surface area contributed by atoms with Crippen LogP contribution in [0.15, 0.2) is 18.2 Å². The molecule has 0 heterocycles. The second kappa shape index (κ2) is 8.08. The quantitative estimate of drug-likeness (QED) is 0.400. The molecule has 0 aliphatic heterocycles. The first kappa shape index (κ1) is 15.9. The van der Waals surface area contributed by atoms with Gasteiger partial charge >= 0.3 is 5.97 Å². The van der Waals surface area contributed by atoms with E-state index in [2.05, 4.69) is 5.32 Å². The Balaban J connectivity index is 2.57. The molecule has 2 N–H and O–H groups in total. The highest BCUT2D eigenvalue weighted by Gasteiger charge is 2.19. The van der Waals surface area contributed by atoms with E-state index in [-0.39, 0.29) is 5.56 Å². The van der Waals surface area contributed by atoms with Gasteiger partial charge in [0.15, 0.2) is 0 Å². The van der Waals surface area contributed by atoms with E-state index in [1.54, 1.807) is 7.11 Å². The summed E-state index contributed by atoms with van der Waals surface area (Å²) in [7, 11) is 1.58. The van der Waals surface area contributed by atoms with E-state index in [9.17, 15) is 14.9 Å². The van der Waals surface area contributed by atoms with Crippen LogP contribution < -0.4 is 5.32 Å². The summed E-state index contributed by atoms with van der Waals surface area (Å²) in [6.45, 7) is 1.85. The number of ether oxygens (including phenoxy) is 2. The lowest BCUT2D eigenvalue weighted by atomic mass is 10.1. The van der Waals surface area contributed by atoms with Crippen LogP contribution in [0, 0.1) is 10.1 Å². The van der Waals surface area contributed by atoms with Crippen molar-refractivity contribution >= 4 is 17.3 Å². The number of nitrogens with one attached hydrogen (secondary N) is 1. The number of methoxy groups -OCH3 is 1. The molecule has 110 valence electrons. The molecule has 0 saturated carbocycles. The molecule has 1 rings (SSSR count). The fourth-order valence-electron chi connectivity index (χ4n) is 1.49. The molecule has 0 radical (unpaired) electrons. The molecule has 0 fully saturated rings. The third kappa shape index (κ3) is 4.82. The largest absolute Gasteiger partial charge is 0.477 e. The number of aromatic carboxylic acids is 1. The van der Waals surface area contributed by atoms with Crippen LogP contribution in [-0.4, -0.2) is 49.5 Å². The Bertz CT molecular complexity index is 477. The number of hydrogen-bond donors (Lipinski definition) is 2. The third-order valence-corrected chi connectivity index (χ3v) is 2.43. The lowest BCUT2D eigenvalue weighted by Gasteiger charge is -2.08. The molecule has 20 heavy (non-hydrogen) atoms. The maximum Gasteiger partial charge on any atom is 0.342 e. The zero-order valence-corrected chi connectivity index (χ0v) is 11.0. The Hall–Kier alpha value is -2.19. The van der Waals surface area contributed by atoms with Gasteiger partial charge in [-0.05, 0) is 12.1 Å². The van der Waals surface area contributed by atoms with Gasteiger partial charge < -0.3 is 19.9 Å². The summed E-state index contributed by atoms with van der Waals surface area (Å²) in [5, 5.41) is 22.6.